The number of halogens is 3. The van der Waals surface area contributed by atoms with E-state index in [1.807, 2.05) is 31.2 Å². The predicted octanol–water partition coefficient (Wildman–Crippen LogP) is 3.98. The van der Waals surface area contributed by atoms with Gasteiger partial charge in [0, 0.05) is 5.92 Å². The molecule has 110 valence electrons. The third-order valence-electron chi connectivity index (χ3n) is 5.43. The minimum atomic E-state index is -4.55. The molecule has 1 N–H and O–H groups in total. The third-order valence-corrected chi connectivity index (χ3v) is 5.43. The molecule has 2 aliphatic carbocycles. The van der Waals surface area contributed by atoms with Crippen molar-refractivity contribution in [2.24, 2.45) is 5.92 Å². The lowest BCUT2D eigenvalue weighted by Crippen LogP contribution is -2.61. The second-order valence-electron chi connectivity index (χ2n) is 6.44. The van der Waals surface area contributed by atoms with E-state index < -0.39 is 23.1 Å². The molecule has 3 rings (SSSR count). The summed E-state index contributed by atoms with van der Waals surface area (Å²) in [7, 11) is 0. The Morgan fingerprint density at radius 1 is 1.20 bits per heavy atom. The van der Waals surface area contributed by atoms with Crippen molar-refractivity contribution in [3.05, 3.63) is 35.4 Å². The lowest BCUT2D eigenvalue weighted by Gasteiger charge is -2.54. The van der Waals surface area contributed by atoms with Gasteiger partial charge in [-0.2, -0.15) is 13.2 Å². The average Bonchev–Trinajstić information content (AvgIpc) is 2.37. The molecular weight excluding hydrogens is 265 g/mol. The van der Waals surface area contributed by atoms with Crippen molar-refractivity contribution < 1.29 is 18.3 Å². The Balaban J connectivity index is 2.11. The van der Waals surface area contributed by atoms with Gasteiger partial charge in [-0.25, -0.2) is 0 Å². The molecule has 0 amide bonds. The van der Waals surface area contributed by atoms with Gasteiger partial charge >= 0.3 is 6.18 Å². The van der Waals surface area contributed by atoms with Gasteiger partial charge in [0.1, 0.15) is 0 Å². The number of benzene rings is 1. The highest BCUT2D eigenvalue weighted by Gasteiger charge is 2.64. The number of hydrogen-bond donors (Lipinski definition) is 1. The molecule has 0 radical (unpaired) electrons. The Kier molecular flexibility index (Phi) is 2.95. The molecule has 0 heterocycles. The molecule has 0 saturated heterocycles. The predicted molar refractivity (Wildman–Crippen MR) is 70.5 cm³/mol. The molecule has 0 bridgehead atoms. The van der Waals surface area contributed by atoms with Crippen LogP contribution in [0.25, 0.3) is 0 Å². The molecule has 0 spiro atoms. The molecule has 2 aliphatic rings. The number of hydrogen-bond acceptors (Lipinski definition) is 1. The van der Waals surface area contributed by atoms with Crippen LogP contribution in [0.2, 0.25) is 0 Å². The van der Waals surface area contributed by atoms with Crippen LogP contribution < -0.4 is 0 Å². The van der Waals surface area contributed by atoms with Gasteiger partial charge in [-0.3, -0.25) is 0 Å². The van der Waals surface area contributed by atoms with Crippen LogP contribution in [0.4, 0.5) is 13.2 Å². The maximum Gasteiger partial charge on any atom is 0.417 e. The monoisotopic (exact) mass is 284 g/mol. The topological polar surface area (TPSA) is 20.2 Å². The molecule has 0 aromatic heterocycles. The standard InChI is InChI=1S/C16H19F3O/c1-14-9-4-10-15(20,16(17,18)19)13(14)8-7-11-5-2-3-6-12(11)14/h2-3,5-6,13,20H,4,7-10H2,1H3/t13-,14-,15+/m1/s1. The Morgan fingerprint density at radius 2 is 1.90 bits per heavy atom. The van der Waals surface area contributed by atoms with E-state index in [2.05, 4.69) is 0 Å². The van der Waals surface area contributed by atoms with Crippen molar-refractivity contribution in [1.82, 2.24) is 0 Å². The van der Waals surface area contributed by atoms with E-state index in [0.717, 1.165) is 11.1 Å². The van der Waals surface area contributed by atoms with Crippen LogP contribution in [0, 0.1) is 5.92 Å². The molecule has 0 unspecified atom stereocenters. The fourth-order valence-electron chi connectivity index (χ4n) is 4.41. The summed E-state index contributed by atoms with van der Waals surface area (Å²) in [4.78, 5) is 0. The van der Waals surface area contributed by atoms with Gasteiger partial charge in [-0.15, -0.1) is 0 Å². The molecule has 3 atom stereocenters. The van der Waals surface area contributed by atoms with Crippen molar-refractivity contribution in [1.29, 1.82) is 0 Å². The summed E-state index contributed by atoms with van der Waals surface area (Å²) >= 11 is 0. The van der Waals surface area contributed by atoms with Crippen molar-refractivity contribution >= 4 is 0 Å². The largest absolute Gasteiger partial charge is 0.417 e. The quantitative estimate of drug-likeness (QED) is 0.764. The maximum atomic E-state index is 13.4. The van der Waals surface area contributed by atoms with Gasteiger partial charge in [0.2, 0.25) is 0 Å². The first-order valence-corrected chi connectivity index (χ1v) is 7.16. The molecule has 0 aliphatic heterocycles. The van der Waals surface area contributed by atoms with E-state index in [0.29, 0.717) is 25.7 Å². The van der Waals surface area contributed by atoms with Crippen molar-refractivity contribution in [3.63, 3.8) is 0 Å². The van der Waals surface area contributed by atoms with Crippen molar-refractivity contribution in [3.8, 4) is 0 Å². The van der Waals surface area contributed by atoms with Gasteiger partial charge in [0.25, 0.3) is 0 Å². The summed E-state index contributed by atoms with van der Waals surface area (Å²) in [6.07, 6.45) is -2.56. The van der Waals surface area contributed by atoms with Crippen LogP contribution in [-0.2, 0) is 11.8 Å². The molecular formula is C16H19F3O. The second-order valence-corrected chi connectivity index (χ2v) is 6.44. The molecule has 4 heteroatoms. The van der Waals surface area contributed by atoms with Gasteiger partial charge in [-0.1, -0.05) is 31.2 Å². The van der Waals surface area contributed by atoms with Crippen LogP contribution >= 0.6 is 0 Å². The highest BCUT2D eigenvalue weighted by Crippen LogP contribution is 2.57. The van der Waals surface area contributed by atoms with Crippen LogP contribution in [0.3, 0.4) is 0 Å². The number of alkyl halides is 3. The van der Waals surface area contributed by atoms with Crippen LogP contribution in [-0.4, -0.2) is 16.9 Å². The first-order valence-electron chi connectivity index (χ1n) is 7.16. The Labute approximate surface area is 116 Å². The van der Waals surface area contributed by atoms with Crippen molar-refractivity contribution in [2.75, 3.05) is 0 Å². The summed E-state index contributed by atoms with van der Waals surface area (Å²) in [6, 6.07) is 7.75. The first-order chi connectivity index (χ1) is 9.29. The van der Waals surface area contributed by atoms with E-state index in [1.54, 1.807) is 0 Å². The lowest BCUT2D eigenvalue weighted by molar-refractivity contribution is -0.299. The summed E-state index contributed by atoms with van der Waals surface area (Å²) in [5.74, 6) is -0.737. The highest BCUT2D eigenvalue weighted by molar-refractivity contribution is 5.39. The maximum absolute atomic E-state index is 13.4. The second kappa shape index (κ2) is 4.23. The Hall–Kier alpha value is -1.03. The summed E-state index contributed by atoms with van der Waals surface area (Å²) in [5, 5.41) is 10.4. The smallest absolute Gasteiger partial charge is 0.380 e. The van der Waals surface area contributed by atoms with Gasteiger partial charge in [-0.05, 0) is 48.6 Å². The molecule has 1 saturated carbocycles. The lowest BCUT2D eigenvalue weighted by atomic mass is 9.53. The summed E-state index contributed by atoms with van der Waals surface area (Å²) in [5.41, 5.74) is -0.971. The highest BCUT2D eigenvalue weighted by atomic mass is 19.4. The summed E-state index contributed by atoms with van der Waals surface area (Å²) < 4.78 is 40.2. The summed E-state index contributed by atoms with van der Waals surface area (Å²) in [6.45, 7) is 1.89. The minimum absolute atomic E-state index is 0.168. The molecule has 20 heavy (non-hydrogen) atoms. The number of fused-ring (bicyclic) bond motifs is 3. The normalized spacial score (nSPS) is 37.1. The third kappa shape index (κ3) is 1.73. The average molecular weight is 284 g/mol. The first kappa shape index (κ1) is 13.9. The van der Waals surface area contributed by atoms with Gasteiger partial charge in [0.15, 0.2) is 5.60 Å². The Bertz CT molecular complexity index is 525. The van der Waals surface area contributed by atoms with Crippen molar-refractivity contribution in [2.45, 2.75) is 56.2 Å². The number of aliphatic hydroxyl groups is 1. The number of aryl methyl sites for hydroxylation is 1. The van der Waals surface area contributed by atoms with Crippen LogP contribution in [0.15, 0.2) is 24.3 Å². The fourth-order valence-corrected chi connectivity index (χ4v) is 4.41. The molecule has 1 nitrogen and oxygen atoms in total. The number of rotatable bonds is 0. The van der Waals surface area contributed by atoms with Crippen LogP contribution in [0.1, 0.15) is 43.7 Å². The zero-order valence-electron chi connectivity index (χ0n) is 11.5. The zero-order chi connectivity index (χ0) is 14.6. The van der Waals surface area contributed by atoms with Crippen LogP contribution in [0.5, 0.6) is 0 Å². The minimum Gasteiger partial charge on any atom is -0.380 e. The van der Waals surface area contributed by atoms with E-state index in [1.165, 1.54) is 0 Å². The van der Waals surface area contributed by atoms with E-state index in [4.69, 9.17) is 0 Å². The molecule has 1 aromatic carbocycles. The van der Waals surface area contributed by atoms with E-state index in [-0.39, 0.29) is 6.42 Å². The van der Waals surface area contributed by atoms with Gasteiger partial charge in [0.05, 0.1) is 0 Å². The SMILES string of the molecule is C[C@]12CCC[C@@](O)(C(F)(F)F)[C@@H]1CCc1ccccc12. The molecule has 1 fully saturated rings. The van der Waals surface area contributed by atoms with E-state index in [9.17, 15) is 18.3 Å². The molecule has 1 aromatic rings. The van der Waals surface area contributed by atoms with Gasteiger partial charge < -0.3 is 5.11 Å². The van der Waals surface area contributed by atoms with E-state index >= 15 is 0 Å². The zero-order valence-corrected chi connectivity index (χ0v) is 11.5. The Morgan fingerprint density at radius 3 is 2.60 bits per heavy atom. The fraction of sp³-hybridized carbons (Fsp3) is 0.625.